The molecule has 2 unspecified atom stereocenters. The third kappa shape index (κ3) is 16.9. The maximum absolute atomic E-state index is 11.9. The standard InChI is InChI=1S/C16H35O4P.C2H6O/c1-5-9-11-15(7-3)13-19-21(17,18)20-14-16(8-4)12-10-6-2;1-3-2/h15-16H,5-14H2,1-4H3,(H,17,18);1-2H3. The molecule has 0 aliphatic carbocycles. The molecular formula is C18H41O5P. The summed E-state index contributed by atoms with van der Waals surface area (Å²) in [4.78, 5) is 9.77. The van der Waals surface area contributed by atoms with Crippen LogP contribution in [0.3, 0.4) is 0 Å². The molecular weight excluding hydrogens is 327 g/mol. The zero-order valence-corrected chi connectivity index (χ0v) is 17.6. The van der Waals surface area contributed by atoms with Crippen molar-refractivity contribution in [3.8, 4) is 0 Å². The molecule has 0 aromatic rings. The molecule has 0 aromatic carbocycles. The third-order valence-corrected chi connectivity index (χ3v) is 4.98. The molecule has 6 heteroatoms. The Morgan fingerprint density at radius 1 is 0.833 bits per heavy atom. The summed E-state index contributed by atoms with van der Waals surface area (Å²) in [5, 5.41) is 0. The van der Waals surface area contributed by atoms with Crippen LogP contribution in [0.5, 0.6) is 0 Å². The van der Waals surface area contributed by atoms with Crippen LogP contribution < -0.4 is 0 Å². The van der Waals surface area contributed by atoms with Gasteiger partial charge in [-0.15, -0.1) is 0 Å². The zero-order chi connectivity index (χ0) is 18.8. The minimum atomic E-state index is -3.89. The van der Waals surface area contributed by atoms with Crippen molar-refractivity contribution < 1.29 is 23.2 Å². The Balaban J connectivity index is 0. The van der Waals surface area contributed by atoms with E-state index in [1.807, 2.05) is 0 Å². The highest BCUT2D eigenvalue weighted by Crippen LogP contribution is 2.44. The fraction of sp³-hybridized carbons (Fsp3) is 1.00. The van der Waals surface area contributed by atoms with Gasteiger partial charge in [0.15, 0.2) is 0 Å². The van der Waals surface area contributed by atoms with Gasteiger partial charge in [0.05, 0.1) is 13.2 Å². The first-order valence-corrected chi connectivity index (χ1v) is 10.9. The maximum atomic E-state index is 11.9. The minimum Gasteiger partial charge on any atom is -0.388 e. The normalized spacial score (nSPS) is 16.0. The lowest BCUT2D eigenvalue weighted by molar-refractivity contribution is 0.110. The van der Waals surface area contributed by atoms with Gasteiger partial charge in [0, 0.05) is 14.2 Å². The van der Waals surface area contributed by atoms with Crippen molar-refractivity contribution in [2.75, 3.05) is 27.4 Å². The molecule has 0 aromatic heterocycles. The van der Waals surface area contributed by atoms with Gasteiger partial charge >= 0.3 is 7.82 Å². The second kappa shape index (κ2) is 17.9. The quantitative estimate of drug-likeness (QED) is 0.392. The Kier molecular flexibility index (Phi) is 19.6. The van der Waals surface area contributed by atoms with Gasteiger partial charge in [0.1, 0.15) is 0 Å². The molecule has 148 valence electrons. The summed E-state index contributed by atoms with van der Waals surface area (Å²) in [6.07, 6.45) is 8.56. The van der Waals surface area contributed by atoms with E-state index in [1.165, 1.54) is 0 Å². The first kappa shape index (κ1) is 26.3. The van der Waals surface area contributed by atoms with Crippen molar-refractivity contribution in [3.05, 3.63) is 0 Å². The summed E-state index contributed by atoms with van der Waals surface area (Å²) in [6, 6.07) is 0. The van der Waals surface area contributed by atoms with Gasteiger partial charge in [0.2, 0.25) is 0 Å². The molecule has 5 nitrogen and oxygen atoms in total. The highest BCUT2D eigenvalue weighted by molar-refractivity contribution is 7.47. The smallest absolute Gasteiger partial charge is 0.388 e. The average Bonchev–Trinajstić information content (AvgIpc) is 2.56. The second-order valence-corrected chi connectivity index (χ2v) is 7.75. The fourth-order valence-corrected chi connectivity index (χ4v) is 3.11. The van der Waals surface area contributed by atoms with E-state index in [1.54, 1.807) is 14.2 Å². The van der Waals surface area contributed by atoms with Crippen LogP contribution in [0.2, 0.25) is 0 Å². The first-order valence-electron chi connectivity index (χ1n) is 9.42. The molecule has 0 amide bonds. The van der Waals surface area contributed by atoms with Gasteiger partial charge in [-0.1, -0.05) is 66.2 Å². The number of hydrogen-bond acceptors (Lipinski definition) is 4. The predicted molar refractivity (Wildman–Crippen MR) is 101 cm³/mol. The monoisotopic (exact) mass is 368 g/mol. The first-order chi connectivity index (χ1) is 11.4. The number of ether oxygens (including phenoxy) is 1. The van der Waals surface area contributed by atoms with Gasteiger partial charge < -0.3 is 9.63 Å². The molecule has 0 heterocycles. The van der Waals surface area contributed by atoms with Crippen LogP contribution in [0.25, 0.3) is 0 Å². The van der Waals surface area contributed by atoms with E-state index < -0.39 is 7.82 Å². The summed E-state index contributed by atoms with van der Waals surface area (Å²) in [7, 11) is -0.641. The SMILES string of the molecule is CCCCC(CC)COP(=O)(O)OCC(CC)CCCC.COC. The predicted octanol–water partition coefficient (Wildman–Crippen LogP) is 5.82. The topological polar surface area (TPSA) is 65.0 Å². The molecule has 2 atom stereocenters. The lowest BCUT2D eigenvalue weighted by Gasteiger charge is -2.20. The summed E-state index contributed by atoms with van der Waals surface area (Å²) in [5.74, 6) is 0.687. The molecule has 0 fully saturated rings. The Labute approximate surface area is 150 Å². The summed E-state index contributed by atoms with van der Waals surface area (Å²) >= 11 is 0. The van der Waals surface area contributed by atoms with E-state index in [2.05, 4.69) is 32.4 Å². The zero-order valence-electron chi connectivity index (χ0n) is 16.8. The number of phosphoric acid groups is 1. The van der Waals surface area contributed by atoms with Gasteiger partial charge in [0.25, 0.3) is 0 Å². The molecule has 0 radical (unpaired) electrons. The summed E-state index contributed by atoms with van der Waals surface area (Å²) in [5.41, 5.74) is 0. The van der Waals surface area contributed by atoms with Crippen LogP contribution in [-0.4, -0.2) is 32.3 Å². The van der Waals surface area contributed by atoms with Crippen LogP contribution in [0.4, 0.5) is 0 Å². The van der Waals surface area contributed by atoms with E-state index >= 15 is 0 Å². The van der Waals surface area contributed by atoms with Crippen LogP contribution in [-0.2, 0) is 18.3 Å². The molecule has 0 saturated carbocycles. The number of unbranched alkanes of at least 4 members (excludes halogenated alkanes) is 2. The molecule has 0 bridgehead atoms. The highest BCUT2D eigenvalue weighted by atomic mass is 31.2. The van der Waals surface area contributed by atoms with Crippen LogP contribution in [0.1, 0.15) is 79.1 Å². The van der Waals surface area contributed by atoms with E-state index in [0.29, 0.717) is 25.0 Å². The van der Waals surface area contributed by atoms with Crippen molar-refractivity contribution in [1.82, 2.24) is 0 Å². The lowest BCUT2D eigenvalue weighted by atomic mass is 10.0. The molecule has 0 saturated heterocycles. The third-order valence-electron chi connectivity index (χ3n) is 4.03. The van der Waals surface area contributed by atoms with Gasteiger partial charge in [-0.05, 0) is 24.7 Å². The number of rotatable bonds is 14. The van der Waals surface area contributed by atoms with Crippen LogP contribution in [0.15, 0.2) is 0 Å². The highest BCUT2D eigenvalue weighted by Gasteiger charge is 2.24. The Morgan fingerprint density at radius 3 is 1.42 bits per heavy atom. The Bertz CT molecular complexity index is 275. The van der Waals surface area contributed by atoms with E-state index in [0.717, 1.165) is 51.4 Å². The van der Waals surface area contributed by atoms with Crippen molar-refractivity contribution in [1.29, 1.82) is 0 Å². The largest absolute Gasteiger partial charge is 0.472 e. The fourth-order valence-electron chi connectivity index (χ4n) is 2.23. The van der Waals surface area contributed by atoms with E-state index in [9.17, 15) is 9.46 Å². The van der Waals surface area contributed by atoms with Crippen molar-refractivity contribution in [2.45, 2.75) is 79.1 Å². The van der Waals surface area contributed by atoms with Crippen LogP contribution >= 0.6 is 7.82 Å². The summed E-state index contributed by atoms with van der Waals surface area (Å²) < 4.78 is 26.5. The number of phosphoric ester groups is 1. The molecule has 0 aliphatic rings. The maximum Gasteiger partial charge on any atom is 0.472 e. The Hall–Kier alpha value is 0.0700. The average molecular weight is 368 g/mol. The second-order valence-electron chi connectivity index (χ2n) is 6.30. The number of methoxy groups -OCH3 is 1. The van der Waals surface area contributed by atoms with E-state index in [-0.39, 0.29) is 0 Å². The Morgan fingerprint density at radius 2 is 1.17 bits per heavy atom. The van der Waals surface area contributed by atoms with Crippen molar-refractivity contribution in [3.63, 3.8) is 0 Å². The van der Waals surface area contributed by atoms with Crippen LogP contribution in [0, 0.1) is 11.8 Å². The molecule has 0 aliphatic heterocycles. The van der Waals surface area contributed by atoms with Gasteiger partial charge in [-0.25, -0.2) is 4.57 Å². The summed E-state index contributed by atoms with van der Waals surface area (Å²) in [6.45, 7) is 9.10. The van der Waals surface area contributed by atoms with Gasteiger partial charge in [-0.3, -0.25) is 9.05 Å². The van der Waals surface area contributed by atoms with E-state index in [4.69, 9.17) is 9.05 Å². The number of hydrogen-bond donors (Lipinski definition) is 1. The minimum absolute atomic E-state index is 0.316. The van der Waals surface area contributed by atoms with Crippen molar-refractivity contribution in [2.24, 2.45) is 11.8 Å². The lowest BCUT2D eigenvalue weighted by Crippen LogP contribution is -2.12. The molecule has 1 N–H and O–H groups in total. The molecule has 0 spiro atoms. The van der Waals surface area contributed by atoms with Crippen molar-refractivity contribution >= 4 is 7.82 Å². The van der Waals surface area contributed by atoms with Gasteiger partial charge in [-0.2, -0.15) is 0 Å². The molecule has 0 rings (SSSR count). The molecule has 24 heavy (non-hydrogen) atoms.